The maximum atomic E-state index is 12.2. The maximum absolute atomic E-state index is 12.2. The summed E-state index contributed by atoms with van der Waals surface area (Å²) in [4.78, 5) is 32.0. The van der Waals surface area contributed by atoms with Crippen LogP contribution in [0.5, 0.6) is 5.75 Å². The highest BCUT2D eigenvalue weighted by atomic mass is 35.5. The molecule has 1 aromatic rings. The van der Waals surface area contributed by atoms with Gasteiger partial charge in [0.1, 0.15) is 11.2 Å². The summed E-state index contributed by atoms with van der Waals surface area (Å²) in [5.74, 6) is -1.10. The zero-order valence-electron chi connectivity index (χ0n) is 15.5. The van der Waals surface area contributed by atoms with Gasteiger partial charge in [0.2, 0.25) is 5.82 Å². The molecule has 0 fully saturated rings. The van der Waals surface area contributed by atoms with Gasteiger partial charge in [0, 0.05) is 0 Å². The van der Waals surface area contributed by atoms with Gasteiger partial charge in [-0.3, -0.25) is 5.32 Å². The van der Waals surface area contributed by atoms with Crippen LogP contribution in [-0.2, 0) is 9.47 Å². The fourth-order valence-corrected chi connectivity index (χ4v) is 1.82. The predicted molar refractivity (Wildman–Crippen MR) is 93.2 cm³/mol. The van der Waals surface area contributed by atoms with E-state index in [0.717, 1.165) is 0 Å². The molecule has 1 rings (SSSR count). The molecule has 1 amide bonds. The van der Waals surface area contributed by atoms with Crippen molar-refractivity contribution in [1.82, 2.24) is 9.97 Å². The minimum absolute atomic E-state index is 0.0438. The number of rotatable bonds is 4. The summed E-state index contributed by atoms with van der Waals surface area (Å²) in [5.41, 5.74) is -1.44. The molecule has 0 aromatic carbocycles. The number of hydrogen-bond donors (Lipinski definition) is 1. The topological polar surface area (TPSA) is 99.6 Å². The summed E-state index contributed by atoms with van der Waals surface area (Å²) >= 11 is 6.07. The van der Waals surface area contributed by atoms with Crippen molar-refractivity contribution < 1.29 is 23.8 Å². The van der Waals surface area contributed by atoms with E-state index >= 15 is 0 Å². The second kappa shape index (κ2) is 7.86. The van der Waals surface area contributed by atoms with Gasteiger partial charge in [0.25, 0.3) is 0 Å². The van der Waals surface area contributed by atoms with Crippen LogP contribution in [0.3, 0.4) is 0 Å². The van der Waals surface area contributed by atoms with Gasteiger partial charge < -0.3 is 14.2 Å². The Kier molecular flexibility index (Phi) is 6.59. The average Bonchev–Trinajstić information content (AvgIpc) is 2.38. The second-order valence-electron chi connectivity index (χ2n) is 7.08. The molecule has 0 aliphatic rings. The first-order chi connectivity index (χ1) is 11.3. The molecule has 0 spiro atoms. The summed E-state index contributed by atoms with van der Waals surface area (Å²) < 4.78 is 15.7. The van der Waals surface area contributed by atoms with E-state index in [4.69, 9.17) is 25.8 Å². The Balaban J connectivity index is 3.19. The maximum Gasteiger partial charge on any atom is 0.413 e. The van der Waals surface area contributed by atoms with Gasteiger partial charge in [0.05, 0.1) is 6.61 Å². The number of carbonyl (C=O) groups excluding carboxylic acids is 2. The highest BCUT2D eigenvalue weighted by Gasteiger charge is 2.25. The van der Waals surface area contributed by atoms with Crippen molar-refractivity contribution in [2.75, 3.05) is 11.9 Å². The van der Waals surface area contributed by atoms with E-state index in [0.29, 0.717) is 0 Å². The fraction of sp³-hybridized carbons (Fsp3) is 0.625. The number of hydrogen-bond acceptors (Lipinski definition) is 7. The van der Waals surface area contributed by atoms with Crippen molar-refractivity contribution in [1.29, 1.82) is 0 Å². The minimum Gasteiger partial charge on any atom is -0.487 e. The number of nitrogens with one attached hydrogen (secondary N) is 1. The van der Waals surface area contributed by atoms with Gasteiger partial charge >= 0.3 is 12.1 Å². The third kappa shape index (κ3) is 7.13. The number of nitrogens with zero attached hydrogens (tertiary/aromatic N) is 2. The van der Waals surface area contributed by atoms with Crippen molar-refractivity contribution >= 4 is 29.5 Å². The van der Waals surface area contributed by atoms with Crippen LogP contribution in [0.2, 0.25) is 5.15 Å². The van der Waals surface area contributed by atoms with Crippen LogP contribution in [0.25, 0.3) is 0 Å². The zero-order chi connectivity index (χ0) is 19.4. The van der Waals surface area contributed by atoms with Crippen molar-refractivity contribution in [2.45, 2.75) is 59.7 Å². The van der Waals surface area contributed by atoms with Gasteiger partial charge in [-0.25, -0.2) is 19.6 Å². The highest BCUT2D eigenvalue weighted by molar-refractivity contribution is 6.31. The normalized spacial score (nSPS) is 11.7. The summed E-state index contributed by atoms with van der Waals surface area (Å²) in [6.45, 7) is 12.3. The molecule has 1 aromatic heterocycles. The van der Waals surface area contributed by atoms with Gasteiger partial charge in [0.15, 0.2) is 16.7 Å². The summed E-state index contributed by atoms with van der Waals surface area (Å²) in [5, 5.41) is 2.30. The number of carbonyl (C=O) groups is 2. The fourth-order valence-electron chi connectivity index (χ4n) is 1.60. The Morgan fingerprint density at radius 3 is 2.08 bits per heavy atom. The Morgan fingerprint density at radius 2 is 1.60 bits per heavy atom. The third-order valence-electron chi connectivity index (χ3n) is 2.31. The van der Waals surface area contributed by atoms with Crippen LogP contribution in [0.1, 0.15) is 59.1 Å². The van der Waals surface area contributed by atoms with Crippen LogP contribution in [0, 0.1) is 0 Å². The summed E-state index contributed by atoms with van der Waals surface area (Å²) in [6.07, 6.45) is -0.765. The van der Waals surface area contributed by atoms with E-state index in [1.807, 2.05) is 0 Å². The molecule has 1 N–H and O–H groups in total. The monoisotopic (exact) mass is 373 g/mol. The quantitative estimate of drug-likeness (QED) is 0.632. The molecule has 0 aliphatic heterocycles. The van der Waals surface area contributed by atoms with Crippen LogP contribution < -0.4 is 10.1 Å². The molecule has 0 atom stereocenters. The number of aromatic nitrogens is 2. The molecule has 25 heavy (non-hydrogen) atoms. The van der Waals surface area contributed by atoms with E-state index in [1.54, 1.807) is 48.5 Å². The number of amides is 1. The summed E-state index contributed by atoms with van der Waals surface area (Å²) in [6, 6.07) is 0. The van der Waals surface area contributed by atoms with Gasteiger partial charge in [-0.05, 0) is 48.5 Å². The van der Waals surface area contributed by atoms with Crippen LogP contribution in [0.4, 0.5) is 10.6 Å². The number of ether oxygens (including phenoxy) is 3. The van der Waals surface area contributed by atoms with E-state index in [-0.39, 0.29) is 29.2 Å². The molecular formula is C16H24ClN3O5. The van der Waals surface area contributed by atoms with Crippen LogP contribution in [0.15, 0.2) is 0 Å². The molecule has 9 heteroatoms. The Morgan fingerprint density at radius 1 is 1.04 bits per heavy atom. The smallest absolute Gasteiger partial charge is 0.413 e. The van der Waals surface area contributed by atoms with Crippen LogP contribution >= 0.6 is 11.6 Å². The first kappa shape index (κ1) is 21.0. The van der Waals surface area contributed by atoms with E-state index < -0.39 is 23.3 Å². The molecule has 0 radical (unpaired) electrons. The number of esters is 1. The van der Waals surface area contributed by atoms with Crippen molar-refractivity contribution in [3.8, 4) is 5.75 Å². The molecule has 8 nitrogen and oxygen atoms in total. The molecule has 1 heterocycles. The lowest BCUT2D eigenvalue weighted by molar-refractivity contribution is 0.00551. The van der Waals surface area contributed by atoms with Gasteiger partial charge in [-0.1, -0.05) is 11.6 Å². The van der Waals surface area contributed by atoms with Gasteiger partial charge in [-0.2, -0.15) is 0 Å². The van der Waals surface area contributed by atoms with Crippen molar-refractivity contribution in [3.05, 3.63) is 11.0 Å². The number of halogens is 1. The van der Waals surface area contributed by atoms with Crippen molar-refractivity contribution in [2.24, 2.45) is 0 Å². The Hall–Kier alpha value is -2.09. The summed E-state index contributed by atoms with van der Waals surface area (Å²) in [7, 11) is 0. The second-order valence-corrected chi connectivity index (χ2v) is 7.44. The molecule has 0 aliphatic carbocycles. The highest BCUT2D eigenvalue weighted by Crippen LogP contribution is 2.31. The van der Waals surface area contributed by atoms with Crippen molar-refractivity contribution in [3.63, 3.8) is 0 Å². The molecule has 0 unspecified atom stereocenters. The van der Waals surface area contributed by atoms with E-state index in [9.17, 15) is 9.59 Å². The molecule has 140 valence electrons. The lowest BCUT2D eigenvalue weighted by Crippen LogP contribution is -2.28. The van der Waals surface area contributed by atoms with E-state index in [2.05, 4.69) is 15.3 Å². The van der Waals surface area contributed by atoms with Gasteiger partial charge in [-0.15, -0.1) is 0 Å². The molecule has 0 saturated heterocycles. The minimum atomic E-state index is -0.773. The third-order valence-corrected chi connectivity index (χ3v) is 2.57. The van der Waals surface area contributed by atoms with Crippen LogP contribution in [-0.4, -0.2) is 39.8 Å². The number of anilines is 1. The average molecular weight is 374 g/mol. The largest absolute Gasteiger partial charge is 0.487 e. The lowest BCUT2D eigenvalue weighted by Gasteiger charge is -2.21. The first-order valence-electron chi connectivity index (χ1n) is 7.76. The zero-order valence-corrected chi connectivity index (χ0v) is 16.3. The SMILES string of the molecule is CCOc1c(Cl)nc(C(=O)OC(C)(C)C)nc1NC(=O)OC(C)(C)C. The standard InChI is InChI=1S/C16H24ClN3O5/c1-8-23-9-10(17)18-12(13(21)24-15(2,3)4)19-11(9)20-14(22)25-16(5,6)7/h8H2,1-7H3,(H,18,19,20,22). The first-order valence-corrected chi connectivity index (χ1v) is 8.14. The Bertz CT molecular complexity index is 650. The lowest BCUT2D eigenvalue weighted by atomic mass is 10.2. The predicted octanol–water partition coefficient (Wildman–Crippen LogP) is 3.83. The molecule has 0 saturated carbocycles. The molecule has 0 bridgehead atoms. The Labute approximate surface area is 152 Å². The molecular weight excluding hydrogens is 350 g/mol. The van der Waals surface area contributed by atoms with E-state index in [1.165, 1.54) is 0 Å².